The Labute approximate surface area is 126 Å². The molecule has 20 heavy (non-hydrogen) atoms. The molecule has 1 amide bonds. The van der Waals surface area contributed by atoms with Crippen molar-refractivity contribution in [2.75, 3.05) is 6.54 Å². The number of hydrogen-bond donors (Lipinski definition) is 2. The van der Waals surface area contributed by atoms with Crippen LogP contribution in [0, 0.1) is 5.41 Å². The van der Waals surface area contributed by atoms with E-state index in [1.807, 2.05) is 38.1 Å². The summed E-state index contributed by atoms with van der Waals surface area (Å²) < 4.78 is 6.19. The average molecular weight is 313 g/mol. The molecule has 0 aromatic carbocycles. The van der Waals surface area contributed by atoms with Crippen molar-refractivity contribution in [1.82, 2.24) is 5.32 Å². The van der Waals surface area contributed by atoms with Crippen molar-refractivity contribution >= 4 is 28.8 Å². The van der Waals surface area contributed by atoms with Crippen molar-refractivity contribution in [2.45, 2.75) is 19.9 Å². The summed E-state index contributed by atoms with van der Waals surface area (Å²) >= 11 is 7.47. The van der Waals surface area contributed by atoms with Crippen molar-refractivity contribution in [1.29, 1.82) is 0 Å². The van der Waals surface area contributed by atoms with Crippen LogP contribution in [0.15, 0.2) is 34.9 Å². The third-order valence-electron chi connectivity index (χ3n) is 3.12. The first-order chi connectivity index (χ1) is 9.40. The molecule has 4 nitrogen and oxygen atoms in total. The van der Waals surface area contributed by atoms with Gasteiger partial charge in [-0.25, -0.2) is 0 Å². The number of primary amides is 1. The molecule has 108 valence electrons. The molecule has 2 aromatic heterocycles. The Kier molecular flexibility index (Phi) is 4.52. The second-order valence-corrected chi connectivity index (χ2v) is 6.97. The predicted molar refractivity (Wildman–Crippen MR) is 80.9 cm³/mol. The van der Waals surface area contributed by atoms with Crippen LogP contribution in [0.2, 0.25) is 4.34 Å². The molecule has 0 fully saturated rings. The number of hydrogen-bond acceptors (Lipinski definition) is 4. The highest BCUT2D eigenvalue weighted by atomic mass is 35.5. The number of carbonyl (C=O) groups excluding carboxylic acids is 1. The van der Waals surface area contributed by atoms with E-state index in [0.717, 1.165) is 10.6 Å². The summed E-state index contributed by atoms with van der Waals surface area (Å²) in [6.45, 7) is 4.06. The number of halogens is 1. The van der Waals surface area contributed by atoms with E-state index in [-0.39, 0.29) is 11.9 Å². The summed E-state index contributed by atoms with van der Waals surface area (Å²) in [5, 5.41) is 3.33. The average Bonchev–Trinajstić information content (AvgIpc) is 3.01. The lowest BCUT2D eigenvalue weighted by atomic mass is 9.92. The Balaban J connectivity index is 2.19. The molecule has 0 saturated carbocycles. The van der Waals surface area contributed by atoms with Gasteiger partial charge in [-0.3, -0.25) is 4.79 Å². The van der Waals surface area contributed by atoms with Crippen molar-refractivity contribution in [2.24, 2.45) is 11.1 Å². The summed E-state index contributed by atoms with van der Waals surface area (Å²) in [6, 6.07) is 7.38. The van der Waals surface area contributed by atoms with E-state index in [1.54, 1.807) is 6.26 Å². The highest BCUT2D eigenvalue weighted by Gasteiger charge is 2.28. The predicted octanol–water partition coefficient (Wildman–Crippen LogP) is 3.19. The number of carbonyl (C=O) groups is 1. The lowest BCUT2D eigenvalue weighted by molar-refractivity contribution is -0.125. The van der Waals surface area contributed by atoms with Crippen LogP contribution in [-0.4, -0.2) is 12.5 Å². The minimum atomic E-state index is -0.633. The van der Waals surface area contributed by atoms with Crippen LogP contribution in [0.3, 0.4) is 0 Å². The molecule has 0 saturated heterocycles. The Morgan fingerprint density at radius 2 is 2.25 bits per heavy atom. The molecule has 0 spiro atoms. The van der Waals surface area contributed by atoms with E-state index >= 15 is 0 Å². The lowest BCUT2D eigenvalue weighted by Crippen LogP contribution is -2.41. The fraction of sp³-hybridized carbons (Fsp3) is 0.357. The molecule has 6 heteroatoms. The first-order valence-corrected chi connectivity index (χ1v) is 7.41. The third-order valence-corrected chi connectivity index (χ3v) is 4.42. The van der Waals surface area contributed by atoms with Gasteiger partial charge >= 0.3 is 0 Å². The van der Waals surface area contributed by atoms with Crippen LogP contribution in [0.1, 0.15) is 30.5 Å². The van der Waals surface area contributed by atoms with Crippen LogP contribution in [0.5, 0.6) is 0 Å². The van der Waals surface area contributed by atoms with Gasteiger partial charge in [0.15, 0.2) is 0 Å². The van der Waals surface area contributed by atoms with Gasteiger partial charge in [0.2, 0.25) is 5.91 Å². The summed E-state index contributed by atoms with van der Waals surface area (Å²) in [6.07, 6.45) is 1.62. The van der Waals surface area contributed by atoms with Crippen molar-refractivity contribution in [3.63, 3.8) is 0 Å². The summed E-state index contributed by atoms with van der Waals surface area (Å²) in [5.41, 5.74) is 4.76. The maximum Gasteiger partial charge on any atom is 0.224 e. The van der Waals surface area contributed by atoms with Gasteiger partial charge in [0.1, 0.15) is 11.8 Å². The van der Waals surface area contributed by atoms with Gasteiger partial charge in [0.05, 0.1) is 16.0 Å². The molecule has 0 bridgehead atoms. The van der Waals surface area contributed by atoms with Crippen LogP contribution in [0.25, 0.3) is 0 Å². The van der Waals surface area contributed by atoms with Gasteiger partial charge in [-0.2, -0.15) is 0 Å². The maximum absolute atomic E-state index is 11.4. The van der Waals surface area contributed by atoms with E-state index in [2.05, 4.69) is 5.32 Å². The van der Waals surface area contributed by atoms with Crippen LogP contribution < -0.4 is 11.1 Å². The van der Waals surface area contributed by atoms with E-state index in [4.69, 9.17) is 21.8 Å². The smallest absolute Gasteiger partial charge is 0.224 e. The number of nitrogens with one attached hydrogen (secondary N) is 1. The van der Waals surface area contributed by atoms with Gasteiger partial charge in [0, 0.05) is 11.4 Å². The first kappa shape index (κ1) is 15.1. The zero-order valence-corrected chi connectivity index (χ0v) is 12.9. The molecule has 0 aliphatic heterocycles. The molecule has 0 aliphatic rings. The molecular formula is C14H17ClN2O2S. The second-order valence-electron chi connectivity index (χ2n) is 5.22. The SMILES string of the molecule is CC(C)(CNC(c1ccco1)c1ccc(Cl)s1)C(N)=O. The van der Waals surface area contributed by atoms with Gasteiger partial charge in [0.25, 0.3) is 0 Å². The molecule has 2 heterocycles. The Morgan fingerprint density at radius 3 is 2.75 bits per heavy atom. The summed E-state index contributed by atoms with van der Waals surface area (Å²) in [4.78, 5) is 12.4. The molecule has 0 aliphatic carbocycles. The van der Waals surface area contributed by atoms with Crippen molar-refractivity contribution in [3.8, 4) is 0 Å². The number of furan rings is 1. The number of rotatable bonds is 6. The zero-order chi connectivity index (χ0) is 14.8. The number of amides is 1. The van der Waals surface area contributed by atoms with E-state index in [1.165, 1.54) is 11.3 Å². The molecule has 2 rings (SSSR count). The summed E-state index contributed by atoms with van der Waals surface area (Å²) in [7, 11) is 0. The van der Waals surface area contributed by atoms with Gasteiger partial charge in [-0.1, -0.05) is 11.6 Å². The minimum absolute atomic E-state index is 0.138. The minimum Gasteiger partial charge on any atom is -0.467 e. The van der Waals surface area contributed by atoms with Gasteiger partial charge < -0.3 is 15.5 Å². The van der Waals surface area contributed by atoms with Crippen LogP contribution in [0.4, 0.5) is 0 Å². The van der Waals surface area contributed by atoms with Crippen molar-refractivity contribution in [3.05, 3.63) is 45.5 Å². The maximum atomic E-state index is 11.4. The zero-order valence-electron chi connectivity index (χ0n) is 11.4. The molecular weight excluding hydrogens is 296 g/mol. The molecule has 1 atom stereocenters. The summed E-state index contributed by atoms with van der Waals surface area (Å²) in [5.74, 6) is 0.441. The Morgan fingerprint density at radius 1 is 1.50 bits per heavy atom. The monoisotopic (exact) mass is 312 g/mol. The normalized spacial score (nSPS) is 13.3. The number of thiophene rings is 1. The highest BCUT2D eigenvalue weighted by Crippen LogP contribution is 2.31. The molecule has 1 unspecified atom stereocenters. The fourth-order valence-corrected chi connectivity index (χ4v) is 2.87. The quantitative estimate of drug-likeness (QED) is 0.860. The Bertz CT molecular complexity index is 578. The van der Waals surface area contributed by atoms with Gasteiger partial charge in [-0.15, -0.1) is 11.3 Å². The van der Waals surface area contributed by atoms with Crippen LogP contribution in [-0.2, 0) is 4.79 Å². The first-order valence-electron chi connectivity index (χ1n) is 6.22. The molecule has 0 radical (unpaired) electrons. The third kappa shape index (κ3) is 3.42. The van der Waals surface area contributed by atoms with E-state index < -0.39 is 5.41 Å². The number of nitrogens with two attached hydrogens (primary N) is 1. The topological polar surface area (TPSA) is 68.3 Å². The van der Waals surface area contributed by atoms with E-state index in [0.29, 0.717) is 10.9 Å². The van der Waals surface area contributed by atoms with Crippen LogP contribution >= 0.6 is 22.9 Å². The van der Waals surface area contributed by atoms with E-state index in [9.17, 15) is 4.79 Å². The lowest BCUT2D eigenvalue weighted by Gasteiger charge is -2.24. The Hall–Kier alpha value is -1.30. The highest BCUT2D eigenvalue weighted by molar-refractivity contribution is 7.16. The second kappa shape index (κ2) is 5.99. The molecule has 2 aromatic rings. The molecule has 3 N–H and O–H groups in total. The largest absolute Gasteiger partial charge is 0.467 e. The standard InChI is InChI=1S/C14H17ClN2O2S/c1-14(2,13(16)18)8-17-12(9-4-3-7-19-9)10-5-6-11(15)20-10/h3-7,12,17H,8H2,1-2H3,(H2,16,18). The fourth-order valence-electron chi connectivity index (χ4n) is 1.72. The van der Waals surface area contributed by atoms with Crippen molar-refractivity contribution < 1.29 is 9.21 Å². The van der Waals surface area contributed by atoms with Gasteiger partial charge in [-0.05, 0) is 38.1 Å².